The van der Waals surface area contributed by atoms with Crippen LogP contribution in [-0.4, -0.2) is 26.0 Å². The Labute approximate surface area is 81.3 Å². The van der Waals surface area contributed by atoms with Crippen molar-refractivity contribution in [3.63, 3.8) is 0 Å². The van der Waals surface area contributed by atoms with Gasteiger partial charge in [-0.05, 0) is 13.5 Å². The predicted octanol–water partition coefficient (Wildman–Crippen LogP) is 1.29. The highest BCUT2D eigenvalue weighted by Gasteiger charge is 1.96. The van der Waals surface area contributed by atoms with Crippen LogP contribution < -0.4 is 10.6 Å². The molecule has 3 nitrogen and oxygen atoms in total. The van der Waals surface area contributed by atoms with Crippen molar-refractivity contribution < 1.29 is 4.79 Å². The summed E-state index contributed by atoms with van der Waals surface area (Å²) in [7, 11) is 1.78. The number of carbonyl (C=O) groups is 1. The molecule has 0 atom stereocenters. The van der Waals surface area contributed by atoms with E-state index >= 15 is 0 Å². The van der Waals surface area contributed by atoms with Crippen LogP contribution in [0.4, 0.5) is 0 Å². The minimum atomic E-state index is 0.0954. The molecular weight excluding hydrogens is 164 g/mol. The Morgan fingerprint density at radius 3 is 2.46 bits per heavy atom. The second kappa shape index (κ2) is 9.52. The van der Waals surface area contributed by atoms with Crippen molar-refractivity contribution in [1.82, 2.24) is 10.6 Å². The number of unbranched alkanes of at least 4 members (excludes halogenated alkanes) is 4. The molecule has 0 unspecified atom stereocenters. The van der Waals surface area contributed by atoms with Crippen LogP contribution in [0, 0.1) is 0 Å². The van der Waals surface area contributed by atoms with E-state index in [0.717, 1.165) is 13.0 Å². The molecule has 0 aliphatic carbocycles. The first kappa shape index (κ1) is 12.4. The topological polar surface area (TPSA) is 41.1 Å². The van der Waals surface area contributed by atoms with E-state index in [-0.39, 0.29) is 5.91 Å². The lowest BCUT2D eigenvalue weighted by molar-refractivity contribution is -0.120. The molecule has 0 rings (SSSR count). The third-order valence-electron chi connectivity index (χ3n) is 1.94. The van der Waals surface area contributed by atoms with Gasteiger partial charge in [-0.2, -0.15) is 0 Å². The van der Waals surface area contributed by atoms with Gasteiger partial charge in [0.15, 0.2) is 0 Å². The fourth-order valence-corrected chi connectivity index (χ4v) is 1.18. The fourth-order valence-electron chi connectivity index (χ4n) is 1.18. The van der Waals surface area contributed by atoms with E-state index in [0.29, 0.717) is 6.54 Å². The van der Waals surface area contributed by atoms with E-state index in [1.807, 2.05) is 0 Å². The average Bonchev–Trinajstić information content (AvgIpc) is 2.11. The van der Waals surface area contributed by atoms with Crippen LogP contribution in [0.2, 0.25) is 0 Å². The maximum atomic E-state index is 11.0. The predicted molar refractivity (Wildman–Crippen MR) is 55.7 cm³/mol. The standard InChI is InChI=1S/C10H22N2O/c1-3-4-5-6-7-8-12-10(13)9-11-2/h11H,3-9H2,1-2H3,(H,12,13). The van der Waals surface area contributed by atoms with E-state index in [1.54, 1.807) is 7.05 Å². The number of amides is 1. The monoisotopic (exact) mass is 186 g/mol. The molecule has 0 heterocycles. The van der Waals surface area contributed by atoms with Crippen molar-refractivity contribution in [2.24, 2.45) is 0 Å². The molecule has 1 amide bonds. The van der Waals surface area contributed by atoms with Crippen molar-refractivity contribution in [2.45, 2.75) is 39.0 Å². The van der Waals surface area contributed by atoms with Gasteiger partial charge in [-0.25, -0.2) is 0 Å². The second-order valence-electron chi connectivity index (χ2n) is 3.29. The highest BCUT2D eigenvalue weighted by molar-refractivity contribution is 5.77. The summed E-state index contributed by atoms with van der Waals surface area (Å²) in [6, 6.07) is 0. The van der Waals surface area contributed by atoms with E-state index in [4.69, 9.17) is 0 Å². The molecule has 0 aliphatic rings. The van der Waals surface area contributed by atoms with Gasteiger partial charge in [0, 0.05) is 6.54 Å². The first-order chi connectivity index (χ1) is 6.31. The average molecular weight is 186 g/mol. The van der Waals surface area contributed by atoms with Crippen molar-refractivity contribution in [3.05, 3.63) is 0 Å². The van der Waals surface area contributed by atoms with Crippen LogP contribution >= 0.6 is 0 Å². The number of carbonyl (C=O) groups excluding carboxylic acids is 1. The van der Waals surface area contributed by atoms with Crippen molar-refractivity contribution in [2.75, 3.05) is 20.1 Å². The number of hydrogen-bond acceptors (Lipinski definition) is 2. The summed E-state index contributed by atoms with van der Waals surface area (Å²) in [5.74, 6) is 0.0954. The Hall–Kier alpha value is -0.570. The molecule has 0 spiro atoms. The summed E-state index contributed by atoms with van der Waals surface area (Å²) in [6.45, 7) is 3.45. The quantitative estimate of drug-likeness (QED) is 0.561. The fraction of sp³-hybridized carbons (Fsp3) is 0.900. The van der Waals surface area contributed by atoms with E-state index in [1.165, 1.54) is 25.7 Å². The Kier molecular flexibility index (Phi) is 9.10. The van der Waals surface area contributed by atoms with Crippen molar-refractivity contribution in [3.8, 4) is 0 Å². The van der Waals surface area contributed by atoms with Gasteiger partial charge in [0.05, 0.1) is 6.54 Å². The van der Waals surface area contributed by atoms with Gasteiger partial charge < -0.3 is 10.6 Å². The highest BCUT2D eigenvalue weighted by Crippen LogP contribution is 2.00. The summed E-state index contributed by atoms with van der Waals surface area (Å²) in [4.78, 5) is 11.0. The van der Waals surface area contributed by atoms with Gasteiger partial charge in [0.25, 0.3) is 0 Å². The number of rotatable bonds is 8. The van der Waals surface area contributed by atoms with Crippen LogP contribution in [0.25, 0.3) is 0 Å². The first-order valence-electron chi connectivity index (χ1n) is 5.22. The van der Waals surface area contributed by atoms with Gasteiger partial charge in [-0.15, -0.1) is 0 Å². The zero-order chi connectivity index (χ0) is 9.94. The van der Waals surface area contributed by atoms with Crippen LogP contribution in [0.15, 0.2) is 0 Å². The third-order valence-corrected chi connectivity index (χ3v) is 1.94. The summed E-state index contributed by atoms with van der Waals surface area (Å²) >= 11 is 0. The third kappa shape index (κ3) is 9.34. The Morgan fingerprint density at radius 2 is 1.85 bits per heavy atom. The van der Waals surface area contributed by atoms with E-state index in [9.17, 15) is 4.79 Å². The molecule has 0 aromatic heterocycles. The summed E-state index contributed by atoms with van der Waals surface area (Å²) in [6.07, 6.45) is 6.21. The Morgan fingerprint density at radius 1 is 1.15 bits per heavy atom. The lowest BCUT2D eigenvalue weighted by Crippen LogP contribution is -2.32. The summed E-state index contributed by atoms with van der Waals surface area (Å²) in [5.41, 5.74) is 0. The second-order valence-corrected chi connectivity index (χ2v) is 3.29. The minimum Gasteiger partial charge on any atom is -0.355 e. The molecular formula is C10H22N2O. The maximum absolute atomic E-state index is 11.0. The molecule has 0 aromatic carbocycles. The molecule has 3 heteroatoms. The molecule has 0 aromatic rings. The molecule has 0 radical (unpaired) electrons. The zero-order valence-corrected chi connectivity index (χ0v) is 8.86. The van der Waals surface area contributed by atoms with Crippen LogP contribution in [0.3, 0.4) is 0 Å². The van der Waals surface area contributed by atoms with Gasteiger partial charge in [0.1, 0.15) is 0 Å². The maximum Gasteiger partial charge on any atom is 0.233 e. The Bertz CT molecular complexity index is 126. The van der Waals surface area contributed by atoms with Gasteiger partial charge in [0.2, 0.25) is 5.91 Å². The molecule has 0 aliphatic heterocycles. The molecule has 0 saturated carbocycles. The number of hydrogen-bond donors (Lipinski definition) is 2. The molecule has 78 valence electrons. The molecule has 0 bridgehead atoms. The van der Waals surface area contributed by atoms with Gasteiger partial charge in [-0.3, -0.25) is 4.79 Å². The molecule has 2 N–H and O–H groups in total. The molecule has 13 heavy (non-hydrogen) atoms. The normalized spacial score (nSPS) is 10.0. The van der Waals surface area contributed by atoms with Gasteiger partial charge >= 0.3 is 0 Å². The highest BCUT2D eigenvalue weighted by atomic mass is 16.1. The smallest absolute Gasteiger partial charge is 0.233 e. The lowest BCUT2D eigenvalue weighted by atomic mass is 10.1. The van der Waals surface area contributed by atoms with Crippen LogP contribution in [0.5, 0.6) is 0 Å². The molecule has 0 fully saturated rings. The summed E-state index contributed by atoms with van der Waals surface area (Å²) in [5, 5.41) is 5.68. The van der Waals surface area contributed by atoms with E-state index in [2.05, 4.69) is 17.6 Å². The largest absolute Gasteiger partial charge is 0.355 e. The number of likely N-dealkylation sites (N-methyl/N-ethyl adjacent to an activating group) is 1. The number of nitrogens with one attached hydrogen (secondary N) is 2. The SMILES string of the molecule is CCCCCCCNC(=O)CNC. The Balaban J connectivity index is 3.02. The molecule has 0 saturated heterocycles. The minimum absolute atomic E-state index is 0.0954. The van der Waals surface area contributed by atoms with Crippen LogP contribution in [-0.2, 0) is 4.79 Å². The zero-order valence-electron chi connectivity index (χ0n) is 8.86. The lowest BCUT2D eigenvalue weighted by Gasteiger charge is -2.03. The van der Waals surface area contributed by atoms with Crippen molar-refractivity contribution in [1.29, 1.82) is 0 Å². The summed E-state index contributed by atoms with van der Waals surface area (Å²) < 4.78 is 0. The first-order valence-corrected chi connectivity index (χ1v) is 5.22. The van der Waals surface area contributed by atoms with Crippen LogP contribution in [0.1, 0.15) is 39.0 Å². The van der Waals surface area contributed by atoms with Gasteiger partial charge in [-0.1, -0.05) is 32.6 Å². The van der Waals surface area contributed by atoms with E-state index < -0.39 is 0 Å². The van der Waals surface area contributed by atoms with Crippen molar-refractivity contribution >= 4 is 5.91 Å².